The summed E-state index contributed by atoms with van der Waals surface area (Å²) >= 11 is 0. The number of sulfonamides is 2. The summed E-state index contributed by atoms with van der Waals surface area (Å²) in [5.74, 6) is 1.84. The number of rotatable bonds is 8. The molecule has 0 unspecified atom stereocenters. The average molecular weight is 866 g/mol. The molecule has 2 aromatic carbocycles. The van der Waals surface area contributed by atoms with E-state index in [1.54, 1.807) is 0 Å². The van der Waals surface area contributed by atoms with E-state index < -0.39 is 31.1 Å². The van der Waals surface area contributed by atoms with E-state index >= 15 is 0 Å². The van der Waals surface area contributed by atoms with Crippen molar-refractivity contribution < 1.29 is 70.1 Å². The maximum absolute atomic E-state index is 11.4. The average Bonchev–Trinajstić information content (AvgIpc) is 3.35. The minimum absolute atomic E-state index is 0. The summed E-state index contributed by atoms with van der Waals surface area (Å²) < 4.78 is 114. The first-order valence-electron chi connectivity index (χ1n) is 13.6. The number of para-hydroxylation sites is 2. The van der Waals surface area contributed by atoms with Crippen molar-refractivity contribution in [2.75, 3.05) is 0 Å². The predicted octanol–water partition coefficient (Wildman–Crippen LogP) is 8.10. The number of alkyl halides is 6. The largest absolute Gasteiger partial charge is 0.480 e. The maximum Gasteiger partial charge on any atom is 0.480 e. The van der Waals surface area contributed by atoms with E-state index in [9.17, 15) is 43.2 Å². The first-order valence-corrected chi connectivity index (χ1v) is 16.5. The predicted molar refractivity (Wildman–Crippen MR) is 156 cm³/mol. The second-order valence-corrected chi connectivity index (χ2v) is 14.7. The van der Waals surface area contributed by atoms with Crippen LogP contribution < -0.4 is 4.57 Å². The summed E-state index contributed by atoms with van der Waals surface area (Å²) in [5.41, 5.74) is -4.36. The van der Waals surface area contributed by atoms with E-state index in [1.807, 2.05) is 0 Å². The molecule has 0 fully saturated rings. The molecule has 0 atom stereocenters. The van der Waals surface area contributed by atoms with Gasteiger partial charge in [0, 0.05) is 34.8 Å². The Balaban J connectivity index is 0.000000541. The normalized spacial score (nSPS) is 12.8. The molecule has 0 aliphatic carbocycles. The molecule has 0 amide bonds. The number of aromatic nitrogens is 2. The molecule has 0 aliphatic heterocycles. The Kier molecular flexibility index (Phi) is 13.8. The van der Waals surface area contributed by atoms with Gasteiger partial charge < -0.3 is 4.13 Å². The molecule has 3 rings (SSSR count). The van der Waals surface area contributed by atoms with Crippen LogP contribution in [0.4, 0.5) is 26.3 Å². The molecule has 7 nitrogen and oxygen atoms in total. The zero-order valence-corrected chi connectivity index (χ0v) is 29.6. The molecule has 1 aromatic heterocycles. The van der Waals surface area contributed by atoms with Crippen molar-refractivity contribution in [2.24, 2.45) is 0 Å². The molecule has 3 aromatic rings. The minimum Gasteiger partial charge on any atom is -0.421 e. The van der Waals surface area contributed by atoms with E-state index in [1.165, 1.54) is 33.6 Å². The number of hydrogen-bond donors (Lipinski definition) is 0. The molecule has 0 bridgehead atoms. The number of nitrogens with zero attached hydrogens (tertiary/aromatic N) is 3. The van der Waals surface area contributed by atoms with Gasteiger partial charge in [0.05, 0.1) is 11.4 Å². The third kappa shape index (κ3) is 9.67. The standard InChI is InChI=1S/C27H36N2.C2F6NO4S2.Au/c1-18(2)22-11-9-12-23(19(3)4)26(22)28-15-16-29(17-28)27-24(20(5)6)13-10-14-25(27)21(7)8;3-1(4,5)14(10,11)9-15(12,13)2(6,7)8;/h9-16,18-21H,1-8H3;;/q;-1;. The van der Waals surface area contributed by atoms with E-state index in [0.717, 1.165) is 4.13 Å². The Morgan fingerprint density at radius 3 is 1.31 bits per heavy atom. The second kappa shape index (κ2) is 15.2. The maximum atomic E-state index is 11.4. The van der Waals surface area contributed by atoms with Crippen LogP contribution in [0.15, 0.2) is 48.8 Å². The van der Waals surface area contributed by atoms with Crippen LogP contribution >= 0.6 is 0 Å². The van der Waals surface area contributed by atoms with Gasteiger partial charge in [0.1, 0.15) is 0 Å². The van der Waals surface area contributed by atoms with E-state index in [0.29, 0.717) is 23.7 Å². The quantitative estimate of drug-likeness (QED) is 0.0992. The second-order valence-electron chi connectivity index (χ2n) is 11.2. The van der Waals surface area contributed by atoms with Crippen LogP contribution in [0.1, 0.15) is 101 Å². The Bertz CT molecular complexity index is 1490. The number of halogens is 6. The molecule has 0 saturated heterocycles. The van der Waals surface area contributed by atoms with Crippen LogP contribution in [0.3, 0.4) is 0 Å². The van der Waals surface area contributed by atoms with Crippen molar-refractivity contribution in [1.82, 2.24) is 4.57 Å². The van der Waals surface area contributed by atoms with Gasteiger partial charge in [-0.3, -0.25) is 9.13 Å². The van der Waals surface area contributed by atoms with E-state index in [4.69, 9.17) is 0 Å². The van der Waals surface area contributed by atoms with E-state index in [-0.39, 0.29) is 22.4 Å². The number of imidazole rings is 1. The SMILES string of the molecule is CC(C)c1cccc(C(C)C)c1-n1[c-][n+](-c2c(C(C)C)cccc2C(C)C)cc1.O=S(=O)([N-]S(=O)(=O)C(F)(F)F)C(F)(F)F.[Au]. The fraction of sp³-hybridized carbons (Fsp3) is 0.483. The van der Waals surface area contributed by atoms with Gasteiger partial charge in [0.2, 0.25) is 0 Å². The van der Waals surface area contributed by atoms with Gasteiger partial charge in [-0.05, 0) is 45.9 Å². The van der Waals surface area contributed by atoms with Crippen molar-refractivity contribution in [3.05, 3.63) is 81.5 Å². The summed E-state index contributed by atoms with van der Waals surface area (Å²) in [6.45, 7) is 18.2. The van der Waals surface area contributed by atoms with Crippen molar-refractivity contribution in [3.8, 4) is 11.4 Å². The van der Waals surface area contributed by atoms with Gasteiger partial charge in [0.15, 0.2) is 20.0 Å². The molecular formula is C29H36AuF6N3O4S2-. The van der Waals surface area contributed by atoms with E-state index in [2.05, 4.69) is 120 Å². The first-order chi connectivity index (χ1) is 19.9. The molecule has 0 N–H and O–H groups in total. The van der Waals surface area contributed by atoms with Crippen molar-refractivity contribution in [2.45, 2.75) is 90.1 Å². The Labute approximate surface area is 276 Å². The summed E-state index contributed by atoms with van der Waals surface area (Å²) in [5, 5.41) is 0. The smallest absolute Gasteiger partial charge is 0.421 e. The van der Waals surface area contributed by atoms with Crippen molar-refractivity contribution in [1.29, 1.82) is 0 Å². The number of benzene rings is 2. The van der Waals surface area contributed by atoms with Gasteiger partial charge in [0.25, 0.3) is 6.33 Å². The summed E-state index contributed by atoms with van der Waals surface area (Å²) in [6, 6.07) is 13.4. The third-order valence-corrected chi connectivity index (χ3v) is 9.27. The summed E-state index contributed by atoms with van der Waals surface area (Å²) in [7, 11) is -13.4. The molecule has 1 heterocycles. The van der Waals surface area contributed by atoms with Crippen LogP contribution in [-0.4, -0.2) is 32.4 Å². The molecular weight excluding hydrogens is 829 g/mol. The zero-order valence-electron chi connectivity index (χ0n) is 25.8. The molecule has 45 heavy (non-hydrogen) atoms. The Morgan fingerprint density at radius 1 is 0.667 bits per heavy atom. The Morgan fingerprint density at radius 2 is 1.00 bits per heavy atom. The van der Waals surface area contributed by atoms with Gasteiger partial charge in [-0.15, -0.1) is 0 Å². The van der Waals surface area contributed by atoms with Gasteiger partial charge >= 0.3 is 11.0 Å². The van der Waals surface area contributed by atoms with Gasteiger partial charge in [-0.1, -0.05) is 91.8 Å². The Hall–Kier alpha value is -2.17. The van der Waals surface area contributed by atoms with Crippen molar-refractivity contribution in [3.63, 3.8) is 0 Å². The van der Waals surface area contributed by atoms with Crippen LogP contribution in [0.5, 0.6) is 0 Å². The molecule has 16 heteroatoms. The fourth-order valence-corrected chi connectivity index (χ4v) is 6.07. The molecule has 0 aliphatic rings. The molecule has 257 valence electrons. The molecule has 0 saturated carbocycles. The molecule has 0 spiro atoms. The molecule has 1 radical (unpaired) electrons. The van der Waals surface area contributed by atoms with Crippen LogP contribution in [0, 0.1) is 6.33 Å². The van der Waals surface area contributed by atoms with Crippen molar-refractivity contribution >= 4 is 20.0 Å². The van der Waals surface area contributed by atoms with Crippen LogP contribution in [0.2, 0.25) is 0 Å². The summed E-state index contributed by atoms with van der Waals surface area (Å²) in [4.78, 5) is 0. The topological polar surface area (TPSA) is 91.2 Å². The summed E-state index contributed by atoms with van der Waals surface area (Å²) in [6.07, 6.45) is 7.98. The minimum atomic E-state index is -6.72. The first kappa shape index (κ1) is 40.9. The monoisotopic (exact) mass is 865 g/mol. The third-order valence-electron chi connectivity index (χ3n) is 6.53. The fourth-order valence-electron chi connectivity index (χ4n) is 4.36. The van der Waals surface area contributed by atoms with Crippen LogP contribution in [-0.2, 0) is 42.4 Å². The zero-order chi connectivity index (χ0) is 34.0. The van der Waals surface area contributed by atoms with Gasteiger partial charge in [-0.2, -0.15) is 26.3 Å². The number of hydrogen-bond acceptors (Lipinski definition) is 4. The van der Waals surface area contributed by atoms with Gasteiger partial charge in [-0.25, -0.2) is 16.8 Å². The van der Waals surface area contributed by atoms with Crippen LogP contribution in [0.25, 0.3) is 15.5 Å².